The summed E-state index contributed by atoms with van der Waals surface area (Å²) in [6.07, 6.45) is 0.762. The van der Waals surface area contributed by atoms with Gasteiger partial charge in [-0.05, 0) is 42.3 Å². The molecule has 2 N–H and O–H groups in total. The third-order valence-electron chi connectivity index (χ3n) is 4.66. The van der Waals surface area contributed by atoms with Crippen molar-refractivity contribution in [2.75, 3.05) is 11.9 Å². The molecule has 1 saturated carbocycles. The number of nitrogens with one attached hydrogen (secondary N) is 2. The monoisotopic (exact) mass is 526 g/mol. The Kier molecular flexibility index (Phi) is 7.38. The summed E-state index contributed by atoms with van der Waals surface area (Å²) in [7, 11) is 0. The van der Waals surface area contributed by atoms with Crippen molar-refractivity contribution in [3.8, 4) is 0 Å². The Balaban J connectivity index is 1.82. The van der Waals surface area contributed by atoms with Gasteiger partial charge in [0, 0.05) is 28.2 Å². The SMILES string of the molecule is CCCNC(=O)c1cc(NC(=O)[C@H]2[C@H](c3cc(Cl)cc(Cl)c3)C2(Cl)Cl)cc(Cl)c1Cl. The quantitative estimate of drug-likeness (QED) is 0.398. The predicted molar refractivity (Wildman–Crippen MR) is 125 cm³/mol. The molecule has 3 rings (SSSR count). The first-order valence-corrected chi connectivity index (χ1v) is 11.2. The Morgan fingerprint density at radius 3 is 2.23 bits per heavy atom. The minimum atomic E-state index is -1.32. The lowest BCUT2D eigenvalue weighted by molar-refractivity contribution is -0.117. The third kappa shape index (κ3) is 4.95. The van der Waals surface area contributed by atoms with Crippen molar-refractivity contribution in [1.82, 2.24) is 5.32 Å². The molecule has 2 atom stereocenters. The minimum absolute atomic E-state index is 0.102. The van der Waals surface area contributed by atoms with Gasteiger partial charge in [-0.2, -0.15) is 0 Å². The van der Waals surface area contributed by atoms with Gasteiger partial charge in [-0.25, -0.2) is 0 Å². The van der Waals surface area contributed by atoms with Gasteiger partial charge in [0.1, 0.15) is 4.33 Å². The maximum atomic E-state index is 12.9. The molecule has 1 aliphatic carbocycles. The lowest BCUT2D eigenvalue weighted by atomic mass is 10.1. The summed E-state index contributed by atoms with van der Waals surface area (Å²) in [6, 6.07) is 7.82. The largest absolute Gasteiger partial charge is 0.352 e. The summed E-state index contributed by atoms with van der Waals surface area (Å²) in [6.45, 7) is 2.41. The smallest absolute Gasteiger partial charge is 0.252 e. The van der Waals surface area contributed by atoms with E-state index >= 15 is 0 Å². The molecular formula is C20H16Cl6N2O2. The van der Waals surface area contributed by atoms with E-state index in [1.807, 2.05) is 6.92 Å². The number of hydrogen-bond acceptors (Lipinski definition) is 2. The Morgan fingerprint density at radius 1 is 1.00 bits per heavy atom. The first kappa shape index (κ1) is 23.8. The molecule has 0 aliphatic heterocycles. The molecule has 160 valence electrons. The Bertz CT molecular complexity index is 991. The van der Waals surface area contributed by atoms with Crippen LogP contribution in [0, 0.1) is 5.92 Å². The van der Waals surface area contributed by atoms with Crippen molar-refractivity contribution in [1.29, 1.82) is 0 Å². The van der Waals surface area contributed by atoms with Crippen LogP contribution in [0.15, 0.2) is 30.3 Å². The number of anilines is 1. The fraction of sp³-hybridized carbons (Fsp3) is 0.300. The van der Waals surface area contributed by atoms with Crippen LogP contribution in [0.4, 0.5) is 5.69 Å². The number of alkyl halides is 2. The minimum Gasteiger partial charge on any atom is -0.352 e. The topological polar surface area (TPSA) is 58.2 Å². The maximum Gasteiger partial charge on any atom is 0.252 e. The van der Waals surface area contributed by atoms with Crippen molar-refractivity contribution >= 4 is 87.1 Å². The molecule has 2 amide bonds. The summed E-state index contributed by atoms with van der Waals surface area (Å²) in [5, 5.41) is 6.50. The zero-order valence-electron chi connectivity index (χ0n) is 15.5. The van der Waals surface area contributed by atoms with Crippen LogP contribution in [0.5, 0.6) is 0 Å². The molecule has 0 aromatic heterocycles. The predicted octanol–water partition coefficient (Wildman–Crippen LogP) is 6.97. The molecule has 4 nitrogen and oxygen atoms in total. The molecule has 0 bridgehead atoms. The fourth-order valence-corrected chi connectivity index (χ4v) is 4.99. The molecule has 30 heavy (non-hydrogen) atoms. The molecule has 0 saturated heterocycles. The summed E-state index contributed by atoms with van der Waals surface area (Å²) >= 11 is 37.2. The van der Waals surface area contributed by atoms with Gasteiger partial charge in [0.15, 0.2) is 0 Å². The average molecular weight is 529 g/mol. The van der Waals surface area contributed by atoms with E-state index in [0.717, 1.165) is 6.42 Å². The van der Waals surface area contributed by atoms with E-state index in [9.17, 15) is 9.59 Å². The van der Waals surface area contributed by atoms with Crippen LogP contribution in [0.25, 0.3) is 0 Å². The van der Waals surface area contributed by atoms with E-state index in [-0.39, 0.29) is 21.5 Å². The zero-order valence-corrected chi connectivity index (χ0v) is 20.1. The molecule has 1 fully saturated rings. The summed E-state index contributed by atoms with van der Waals surface area (Å²) < 4.78 is -1.32. The Hall–Kier alpha value is -0.880. The normalized spacial score (nSPS) is 19.3. The van der Waals surface area contributed by atoms with Gasteiger partial charge in [-0.3, -0.25) is 9.59 Å². The number of rotatable bonds is 6. The van der Waals surface area contributed by atoms with E-state index in [4.69, 9.17) is 69.6 Å². The molecular weight excluding hydrogens is 513 g/mol. The van der Waals surface area contributed by atoms with Crippen LogP contribution in [-0.4, -0.2) is 22.7 Å². The summed E-state index contributed by atoms with van der Waals surface area (Å²) in [5.41, 5.74) is 1.12. The van der Waals surface area contributed by atoms with Crippen molar-refractivity contribution < 1.29 is 9.59 Å². The molecule has 10 heteroatoms. The van der Waals surface area contributed by atoms with Gasteiger partial charge < -0.3 is 10.6 Å². The van der Waals surface area contributed by atoms with Crippen LogP contribution < -0.4 is 10.6 Å². The second-order valence-corrected chi connectivity index (χ2v) is 10.00. The maximum absolute atomic E-state index is 12.9. The van der Waals surface area contributed by atoms with Crippen LogP contribution in [0.1, 0.15) is 35.2 Å². The first-order chi connectivity index (χ1) is 14.1. The lowest BCUT2D eigenvalue weighted by Gasteiger charge is -2.11. The van der Waals surface area contributed by atoms with Crippen molar-refractivity contribution in [3.05, 3.63) is 61.5 Å². The molecule has 2 aromatic carbocycles. The molecule has 2 aromatic rings. The fourth-order valence-electron chi connectivity index (χ4n) is 3.20. The average Bonchev–Trinajstić information content (AvgIpc) is 3.24. The molecule has 0 spiro atoms. The Morgan fingerprint density at radius 2 is 1.63 bits per heavy atom. The highest BCUT2D eigenvalue weighted by Gasteiger charge is 2.67. The van der Waals surface area contributed by atoms with Gasteiger partial charge in [0.05, 0.1) is 21.5 Å². The molecule has 0 unspecified atom stereocenters. The number of hydrogen-bond donors (Lipinski definition) is 2. The van der Waals surface area contributed by atoms with E-state index in [2.05, 4.69) is 10.6 Å². The highest BCUT2D eigenvalue weighted by Crippen LogP contribution is 2.65. The highest BCUT2D eigenvalue weighted by molar-refractivity contribution is 6.53. The van der Waals surface area contributed by atoms with Crippen molar-refractivity contribution in [2.45, 2.75) is 23.6 Å². The van der Waals surface area contributed by atoms with Gasteiger partial charge in [0.25, 0.3) is 5.91 Å². The van der Waals surface area contributed by atoms with E-state index in [1.54, 1.807) is 18.2 Å². The molecule has 0 heterocycles. The number of halogens is 6. The van der Waals surface area contributed by atoms with Crippen LogP contribution in [0.3, 0.4) is 0 Å². The molecule has 0 radical (unpaired) electrons. The number of carbonyl (C=O) groups is 2. The van der Waals surface area contributed by atoms with Crippen molar-refractivity contribution in [3.63, 3.8) is 0 Å². The van der Waals surface area contributed by atoms with E-state index in [1.165, 1.54) is 12.1 Å². The van der Waals surface area contributed by atoms with E-state index < -0.39 is 22.1 Å². The Labute approximate surface area is 204 Å². The highest BCUT2D eigenvalue weighted by atomic mass is 35.5. The van der Waals surface area contributed by atoms with E-state index in [0.29, 0.717) is 27.8 Å². The van der Waals surface area contributed by atoms with Gasteiger partial charge in [-0.15, -0.1) is 23.2 Å². The van der Waals surface area contributed by atoms with Gasteiger partial charge in [-0.1, -0.05) is 53.3 Å². The van der Waals surface area contributed by atoms with Crippen LogP contribution in [0.2, 0.25) is 20.1 Å². The number of benzene rings is 2. The lowest BCUT2D eigenvalue weighted by Crippen LogP contribution is -2.25. The van der Waals surface area contributed by atoms with Crippen molar-refractivity contribution in [2.24, 2.45) is 5.92 Å². The summed E-state index contributed by atoms with van der Waals surface area (Å²) in [4.78, 5) is 25.2. The molecule has 1 aliphatic rings. The standard InChI is InChI=1S/C20H16Cl6N2O2/c1-2-3-27-18(29)13-7-12(8-14(23)17(13)24)28-19(30)16-15(20(16,25)26)9-4-10(21)6-11(22)5-9/h4-8,15-16H,2-3H2,1H3,(H,27,29)(H,28,30)/t15-,16+/m0/s1. The number of carbonyl (C=O) groups excluding carboxylic acids is 2. The second-order valence-electron chi connectivity index (χ2n) is 6.90. The van der Waals surface area contributed by atoms with Crippen LogP contribution >= 0.6 is 69.6 Å². The zero-order chi connectivity index (χ0) is 22.2. The second kappa shape index (κ2) is 9.32. The number of amides is 2. The third-order valence-corrected chi connectivity index (χ3v) is 6.83. The van der Waals surface area contributed by atoms with Gasteiger partial charge in [0.2, 0.25) is 5.91 Å². The first-order valence-electron chi connectivity index (χ1n) is 8.98. The summed E-state index contributed by atoms with van der Waals surface area (Å²) in [5.74, 6) is -2.06. The van der Waals surface area contributed by atoms with Crippen LogP contribution in [-0.2, 0) is 4.79 Å². The van der Waals surface area contributed by atoms with Gasteiger partial charge >= 0.3 is 0 Å².